The smallest absolute Gasteiger partial charge is 0.312 e. The Morgan fingerprint density at radius 2 is 2.06 bits per heavy atom. The van der Waals surface area contributed by atoms with E-state index in [1.807, 2.05) is 13.8 Å². The topological polar surface area (TPSA) is 105 Å². The van der Waals surface area contributed by atoms with Gasteiger partial charge in [-0.15, -0.1) is 0 Å². The molecule has 3 unspecified atom stereocenters. The molecule has 1 spiro atoms. The summed E-state index contributed by atoms with van der Waals surface area (Å²) in [4.78, 5) is 41.5. The Kier molecular flexibility index (Phi) is 8.25. The number of amides is 2. The Hall–Kier alpha value is -1.19. The van der Waals surface area contributed by atoms with Crippen molar-refractivity contribution in [2.75, 3.05) is 19.8 Å². The second kappa shape index (κ2) is 10.4. The van der Waals surface area contributed by atoms with Gasteiger partial charge < -0.3 is 24.8 Å². The quantitative estimate of drug-likeness (QED) is 0.247. The normalized spacial score (nSPS) is 34.2. The lowest BCUT2D eigenvalue weighted by atomic mass is 9.70. The second-order valence-corrected chi connectivity index (χ2v) is 10.8. The van der Waals surface area contributed by atoms with Crippen molar-refractivity contribution in [3.8, 4) is 0 Å². The highest BCUT2D eigenvalue weighted by Crippen LogP contribution is 2.60. The summed E-state index contributed by atoms with van der Waals surface area (Å²) in [6.45, 7) is 8.32. The first-order valence-electron chi connectivity index (χ1n) is 11.9. The van der Waals surface area contributed by atoms with Crippen molar-refractivity contribution >= 4 is 33.7 Å². The van der Waals surface area contributed by atoms with Crippen LogP contribution in [0, 0.1) is 17.8 Å². The van der Waals surface area contributed by atoms with Gasteiger partial charge in [-0.1, -0.05) is 49.5 Å². The summed E-state index contributed by atoms with van der Waals surface area (Å²) >= 11 is 3.63. The molecule has 3 fully saturated rings. The van der Waals surface area contributed by atoms with Gasteiger partial charge in [0.25, 0.3) is 0 Å². The van der Waals surface area contributed by atoms with E-state index in [1.54, 1.807) is 6.92 Å². The second-order valence-electron chi connectivity index (χ2n) is 9.63. The summed E-state index contributed by atoms with van der Waals surface area (Å²) in [6.07, 6.45) is 3.38. The SMILES string of the molecule is CCCCCNC(=O)C1N([C@@H](CO)CC(C)C)C(=O)[C@@H]2[C@@H](C(=O)OCC)[C@@H]3OC12CC3Br. The number of unbranched alkanes of at least 4 members (excludes halogenated alkanes) is 2. The molecular formula is C23H37BrN2O6. The lowest BCUT2D eigenvalue weighted by molar-refractivity contribution is -0.155. The van der Waals surface area contributed by atoms with Gasteiger partial charge in [-0.25, -0.2) is 0 Å². The van der Waals surface area contributed by atoms with Crippen molar-refractivity contribution in [3.63, 3.8) is 0 Å². The van der Waals surface area contributed by atoms with Gasteiger partial charge in [0.15, 0.2) is 0 Å². The molecule has 8 nitrogen and oxygen atoms in total. The Morgan fingerprint density at radius 3 is 2.66 bits per heavy atom. The van der Waals surface area contributed by atoms with Crippen molar-refractivity contribution < 1.29 is 29.0 Å². The predicted octanol–water partition coefficient (Wildman–Crippen LogP) is 2.01. The largest absolute Gasteiger partial charge is 0.466 e. The van der Waals surface area contributed by atoms with Crippen LogP contribution in [0.1, 0.15) is 59.8 Å². The highest BCUT2D eigenvalue weighted by Gasteiger charge is 2.77. The third-order valence-corrected chi connectivity index (χ3v) is 7.81. The van der Waals surface area contributed by atoms with E-state index in [-0.39, 0.29) is 35.8 Å². The monoisotopic (exact) mass is 516 g/mol. The van der Waals surface area contributed by atoms with Crippen LogP contribution in [0.15, 0.2) is 0 Å². The van der Waals surface area contributed by atoms with Gasteiger partial charge in [0.2, 0.25) is 11.8 Å². The summed E-state index contributed by atoms with van der Waals surface area (Å²) in [7, 11) is 0. The molecule has 3 aliphatic rings. The zero-order chi connectivity index (χ0) is 23.6. The molecular weight excluding hydrogens is 480 g/mol. The molecule has 182 valence electrons. The molecule has 0 aliphatic carbocycles. The zero-order valence-electron chi connectivity index (χ0n) is 19.5. The Labute approximate surface area is 198 Å². The number of fused-ring (bicyclic) bond motifs is 1. The van der Waals surface area contributed by atoms with E-state index in [0.29, 0.717) is 19.4 Å². The predicted molar refractivity (Wildman–Crippen MR) is 122 cm³/mol. The van der Waals surface area contributed by atoms with Crippen molar-refractivity contribution in [2.45, 2.75) is 88.4 Å². The number of alkyl halides is 1. The van der Waals surface area contributed by atoms with E-state index in [1.165, 1.54) is 4.90 Å². The van der Waals surface area contributed by atoms with Crippen LogP contribution in [-0.4, -0.2) is 76.2 Å². The van der Waals surface area contributed by atoms with E-state index in [9.17, 15) is 19.5 Å². The van der Waals surface area contributed by atoms with Gasteiger partial charge in [-0.05, 0) is 32.1 Å². The Morgan fingerprint density at radius 1 is 1.34 bits per heavy atom. The minimum atomic E-state index is -1.10. The van der Waals surface area contributed by atoms with Gasteiger partial charge in [0.1, 0.15) is 11.6 Å². The fraction of sp³-hybridized carbons (Fsp3) is 0.870. The maximum absolute atomic E-state index is 13.8. The van der Waals surface area contributed by atoms with Crippen LogP contribution in [0.4, 0.5) is 0 Å². The molecule has 0 saturated carbocycles. The first kappa shape index (κ1) is 25.4. The molecule has 3 heterocycles. The van der Waals surface area contributed by atoms with Crippen LogP contribution >= 0.6 is 15.9 Å². The minimum Gasteiger partial charge on any atom is -0.466 e. The van der Waals surface area contributed by atoms with Gasteiger partial charge in [-0.3, -0.25) is 14.4 Å². The maximum Gasteiger partial charge on any atom is 0.312 e. The number of carbonyl (C=O) groups excluding carboxylic acids is 3. The van der Waals surface area contributed by atoms with E-state index in [4.69, 9.17) is 9.47 Å². The number of nitrogens with one attached hydrogen (secondary N) is 1. The molecule has 32 heavy (non-hydrogen) atoms. The van der Waals surface area contributed by atoms with E-state index in [2.05, 4.69) is 28.2 Å². The van der Waals surface area contributed by atoms with Crippen molar-refractivity contribution in [1.29, 1.82) is 0 Å². The maximum atomic E-state index is 13.8. The third-order valence-electron chi connectivity index (χ3n) is 6.96. The molecule has 2 N–H and O–H groups in total. The summed E-state index contributed by atoms with van der Waals surface area (Å²) in [6, 6.07) is -1.41. The lowest BCUT2D eigenvalue weighted by Crippen LogP contribution is -2.58. The van der Waals surface area contributed by atoms with Gasteiger partial charge in [0, 0.05) is 11.4 Å². The van der Waals surface area contributed by atoms with E-state index in [0.717, 1.165) is 19.3 Å². The number of aliphatic hydroxyl groups excluding tert-OH is 1. The Balaban J connectivity index is 1.99. The number of aliphatic hydroxyl groups is 1. The molecule has 7 atom stereocenters. The molecule has 2 bridgehead atoms. The summed E-state index contributed by atoms with van der Waals surface area (Å²) in [5.41, 5.74) is -1.10. The highest BCUT2D eigenvalue weighted by atomic mass is 79.9. The number of hydrogen-bond donors (Lipinski definition) is 2. The van der Waals surface area contributed by atoms with Crippen molar-refractivity contribution in [2.24, 2.45) is 17.8 Å². The molecule has 3 aliphatic heterocycles. The molecule has 0 aromatic rings. The fourth-order valence-electron chi connectivity index (χ4n) is 5.77. The van der Waals surface area contributed by atoms with Crippen LogP contribution in [0.25, 0.3) is 0 Å². The van der Waals surface area contributed by atoms with Crippen LogP contribution < -0.4 is 5.32 Å². The molecule has 0 aromatic carbocycles. The number of carbonyl (C=O) groups is 3. The van der Waals surface area contributed by atoms with Crippen LogP contribution in [0.2, 0.25) is 0 Å². The van der Waals surface area contributed by atoms with E-state index >= 15 is 0 Å². The van der Waals surface area contributed by atoms with Crippen molar-refractivity contribution in [1.82, 2.24) is 10.2 Å². The van der Waals surface area contributed by atoms with Crippen LogP contribution in [0.3, 0.4) is 0 Å². The van der Waals surface area contributed by atoms with Gasteiger partial charge >= 0.3 is 5.97 Å². The fourth-order valence-corrected chi connectivity index (χ4v) is 6.71. The molecule has 2 amide bonds. The minimum absolute atomic E-state index is 0.158. The number of rotatable bonds is 11. The lowest BCUT2D eigenvalue weighted by Gasteiger charge is -2.37. The first-order chi connectivity index (χ1) is 15.2. The number of hydrogen-bond acceptors (Lipinski definition) is 6. The number of esters is 1. The third kappa shape index (κ3) is 4.32. The van der Waals surface area contributed by atoms with Crippen LogP contribution in [-0.2, 0) is 23.9 Å². The highest BCUT2D eigenvalue weighted by molar-refractivity contribution is 9.09. The van der Waals surface area contributed by atoms with Crippen molar-refractivity contribution in [3.05, 3.63) is 0 Å². The average molecular weight is 517 g/mol. The zero-order valence-corrected chi connectivity index (χ0v) is 21.1. The number of halogens is 1. The summed E-state index contributed by atoms with van der Waals surface area (Å²) in [5, 5.41) is 13.2. The summed E-state index contributed by atoms with van der Waals surface area (Å²) in [5.74, 6) is -2.36. The molecule has 0 radical (unpaired) electrons. The average Bonchev–Trinajstić information content (AvgIpc) is 3.33. The molecule has 0 aromatic heterocycles. The van der Waals surface area contributed by atoms with Gasteiger partial charge in [0.05, 0.1) is 37.2 Å². The number of ether oxygens (including phenoxy) is 2. The molecule has 3 saturated heterocycles. The summed E-state index contributed by atoms with van der Waals surface area (Å²) < 4.78 is 11.7. The number of likely N-dealkylation sites (tertiary alicyclic amines) is 1. The van der Waals surface area contributed by atoms with Gasteiger partial charge in [-0.2, -0.15) is 0 Å². The Bertz CT molecular complexity index is 719. The first-order valence-corrected chi connectivity index (χ1v) is 12.8. The standard InChI is InChI=1S/C23H37BrN2O6/c1-5-7-8-9-25-20(28)19-23-11-15(24)18(32-23)16(22(30)31-6-2)17(23)21(29)26(19)14(12-27)10-13(3)4/h13-19,27H,5-12H2,1-4H3,(H,25,28)/t14-,15?,16-,17+,18-,19?,23?/m1/s1. The molecule has 9 heteroatoms. The number of nitrogens with zero attached hydrogens (tertiary/aromatic N) is 1. The molecule has 3 rings (SSSR count). The van der Waals surface area contributed by atoms with E-state index < -0.39 is 41.6 Å². The van der Waals surface area contributed by atoms with Crippen LogP contribution in [0.5, 0.6) is 0 Å².